The third-order valence-corrected chi connectivity index (χ3v) is 11.0. The van der Waals surface area contributed by atoms with E-state index in [9.17, 15) is 45.5 Å². The zero-order chi connectivity index (χ0) is 51.2. The van der Waals surface area contributed by atoms with Crippen LogP contribution in [0.2, 0.25) is 0 Å². The minimum absolute atomic E-state index is 0.107. The lowest BCUT2D eigenvalue weighted by molar-refractivity contribution is -0.138. The first-order valence-electron chi connectivity index (χ1n) is 22.2. The molecule has 2 amide bonds. The van der Waals surface area contributed by atoms with Crippen LogP contribution in [0.1, 0.15) is 48.9 Å². The molecule has 0 unspecified atom stereocenters. The number of aromatic amines is 2. The van der Waals surface area contributed by atoms with E-state index in [0.717, 1.165) is 24.8 Å². The van der Waals surface area contributed by atoms with Crippen LogP contribution in [0.3, 0.4) is 0 Å². The average Bonchev–Trinajstić information content (AvgIpc) is 3.32. The number of nitrogens with zero attached hydrogens (tertiary/aromatic N) is 10. The van der Waals surface area contributed by atoms with Gasteiger partial charge in [-0.05, 0) is 27.7 Å². The molecule has 6 heterocycles. The number of carbonyl (C=O) groups is 2. The molecule has 22 nitrogen and oxygen atoms in total. The van der Waals surface area contributed by atoms with Gasteiger partial charge in [0.15, 0.2) is 0 Å². The van der Waals surface area contributed by atoms with Crippen molar-refractivity contribution < 1.29 is 45.4 Å². The summed E-state index contributed by atoms with van der Waals surface area (Å²) < 4.78 is 87.2. The molecule has 4 aromatic heterocycles. The third-order valence-electron chi connectivity index (χ3n) is 11.0. The van der Waals surface area contributed by atoms with Gasteiger partial charge in [0.1, 0.15) is 0 Å². The molecule has 0 spiro atoms. The zero-order valence-electron chi connectivity index (χ0n) is 39.0. The number of ether oxygens (including phenoxy) is 2. The van der Waals surface area contributed by atoms with Crippen LogP contribution in [0.15, 0.2) is 46.8 Å². The van der Waals surface area contributed by atoms with E-state index in [-0.39, 0.29) is 73.0 Å². The smallest absolute Gasteiger partial charge is 0.379 e. The summed E-state index contributed by atoms with van der Waals surface area (Å²) in [7, 11) is 0. The molecule has 6 rings (SSSR count). The third kappa shape index (κ3) is 16.3. The van der Waals surface area contributed by atoms with Crippen molar-refractivity contribution in [3.8, 4) is 0 Å². The number of nitrogens with one attached hydrogen (secondary N) is 4. The minimum Gasteiger partial charge on any atom is -0.379 e. The molecule has 0 aliphatic carbocycles. The first-order valence-corrected chi connectivity index (χ1v) is 22.2. The quantitative estimate of drug-likeness (QED) is 0.0771. The van der Waals surface area contributed by atoms with E-state index >= 15 is 0 Å². The predicted molar refractivity (Wildman–Crippen MR) is 244 cm³/mol. The Balaban J connectivity index is 0.000000261. The second-order valence-electron chi connectivity index (χ2n) is 16.8. The van der Waals surface area contributed by atoms with E-state index in [0.29, 0.717) is 88.1 Å². The number of nitrogens with two attached hydrogens (primary N) is 2. The Kier molecular flexibility index (Phi) is 19.3. The fraction of sp³-hybridized carbons (Fsp3) is 0.571. The molecule has 2 fully saturated rings. The summed E-state index contributed by atoms with van der Waals surface area (Å²) in [4.78, 5) is 70.4. The van der Waals surface area contributed by atoms with E-state index in [1.807, 2.05) is 13.8 Å². The standard InChI is InChI=1S/2C21H29F3N8O3/c2*1-13(29-17-10-28-30-19(34)14(17)2)11-35-12-16(25)7-18(33)31-3-5-32(6-4-31)20-26-8-15(9-27-20)21(22,23)24/h2*8-10,13,16H,3-7,11-12,25H2,1-2H3,(H2,29,30,34)/t13-,16+;13-,16-/m00/s1. The molecule has 28 heteroatoms. The maximum Gasteiger partial charge on any atom is 0.419 e. The van der Waals surface area contributed by atoms with Gasteiger partial charge >= 0.3 is 12.4 Å². The summed E-state index contributed by atoms with van der Waals surface area (Å²) in [6.45, 7) is 11.3. The molecule has 2 saturated heterocycles. The Bertz CT molecular complexity index is 2250. The molecule has 384 valence electrons. The van der Waals surface area contributed by atoms with Gasteiger partial charge < -0.3 is 51.2 Å². The molecular formula is C42H58F6N16O6. The number of piperazine rings is 2. The van der Waals surface area contributed by atoms with Crippen LogP contribution in [0, 0.1) is 13.8 Å². The Labute approximate surface area is 397 Å². The lowest BCUT2D eigenvalue weighted by atomic mass is 10.2. The number of rotatable bonds is 18. The van der Waals surface area contributed by atoms with E-state index in [1.54, 1.807) is 33.4 Å². The van der Waals surface area contributed by atoms with Gasteiger partial charge in [-0.15, -0.1) is 0 Å². The van der Waals surface area contributed by atoms with Gasteiger partial charge in [-0.3, -0.25) is 19.2 Å². The number of anilines is 4. The maximum absolute atomic E-state index is 12.7. The number of amides is 2. The highest BCUT2D eigenvalue weighted by Gasteiger charge is 2.33. The fourth-order valence-electron chi connectivity index (χ4n) is 7.01. The molecule has 0 saturated carbocycles. The van der Waals surface area contributed by atoms with Crippen LogP contribution in [-0.4, -0.2) is 165 Å². The van der Waals surface area contributed by atoms with Crippen molar-refractivity contribution in [1.29, 1.82) is 0 Å². The largest absolute Gasteiger partial charge is 0.419 e. The minimum atomic E-state index is -4.49. The normalized spacial score (nSPS) is 16.2. The summed E-state index contributed by atoms with van der Waals surface area (Å²) in [5, 5.41) is 18.5. The van der Waals surface area contributed by atoms with Crippen LogP contribution in [-0.2, 0) is 31.4 Å². The number of hydrogen-bond acceptors (Lipinski definition) is 18. The molecule has 0 bridgehead atoms. The Hall–Kier alpha value is -6.52. The number of H-pyrrole nitrogens is 2. The van der Waals surface area contributed by atoms with Crippen molar-refractivity contribution in [2.24, 2.45) is 11.5 Å². The van der Waals surface area contributed by atoms with E-state index in [1.165, 1.54) is 12.4 Å². The van der Waals surface area contributed by atoms with Gasteiger partial charge in [0, 0.05) is 125 Å². The number of halogens is 6. The highest BCUT2D eigenvalue weighted by atomic mass is 19.4. The maximum atomic E-state index is 12.7. The van der Waals surface area contributed by atoms with Crippen molar-refractivity contribution >= 4 is 35.1 Å². The Morgan fingerprint density at radius 1 is 0.600 bits per heavy atom. The van der Waals surface area contributed by atoms with Gasteiger partial charge in [-0.25, -0.2) is 30.1 Å². The zero-order valence-corrected chi connectivity index (χ0v) is 39.0. The van der Waals surface area contributed by atoms with Crippen molar-refractivity contribution in [1.82, 2.24) is 50.1 Å². The highest BCUT2D eigenvalue weighted by Crippen LogP contribution is 2.29. The summed E-state index contributed by atoms with van der Waals surface area (Å²) in [5.41, 5.74) is 12.1. The second kappa shape index (κ2) is 24.9. The number of aromatic nitrogens is 8. The van der Waals surface area contributed by atoms with Crippen LogP contribution < -0.4 is 43.0 Å². The van der Waals surface area contributed by atoms with E-state index < -0.39 is 35.6 Å². The lowest BCUT2D eigenvalue weighted by Gasteiger charge is -2.35. The molecule has 8 N–H and O–H groups in total. The molecule has 0 radical (unpaired) electrons. The van der Waals surface area contributed by atoms with Gasteiger partial charge in [0.25, 0.3) is 11.1 Å². The van der Waals surface area contributed by atoms with Crippen molar-refractivity contribution in [3.05, 3.63) is 80.1 Å². The van der Waals surface area contributed by atoms with Crippen LogP contribution in [0.5, 0.6) is 0 Å². The predicted octanol–water partition coefficient (Wildman–Crippen LogP) is 1.54. The molecule has 2 aliphatic heterocycles. The first kappa shape index (κ1) is 54.4. The molecule has 2 aliphatic rings. The van der Waals surface area contributed by atoms with Gasteiger partial charge in [0.05, 0.1) is 61.3 Å². The molecule has 4 aromatic rings. The van der Waals surface area contributed by atoms with Crippen LogP contribution in [0.25, 0.3) is 0 Å². The van der Waals surface area contributed by atoms with Crippen molar-refractivity contribution in [2.75, 3.05) is 99.2 Å². The molecule has 0 aromatic carbocycles. The topological polar surface area (TPSA) is 285 Å². The Morgan fingerprint density at radius 2 is 0.929 bits per heavy atom. The van der Waals surface area contributed by atoms with Crippen molar-refractivity contribution in [3.63, 3.8) is 0 Å². The summed E-state index contributed by atoms with van der Waals surface area (Å²) in [6.07, 6.45) is -2.67. The molecule has 4 atom stereocenters. The second-order valence-corrected chi connectivity index (χ2v) is 16.8. The van der Waals surface area contributed by atoms with Crippen molar-refractivity contribution in [2.45, 2.75) is 77.1 Å². The Morgan fingerprint density at radius 3 is 1.24 bits per heavy atom. The van der Waals surface area contributed by atoms with Crippen LogP contribution >= 0.6 is 0 Å². The van der Waals surface area contributed by atoms with Crippen LogP contribution in [0.4, 0.5) is 49.6 Å². The SMILES string of the molecule is Cc1c(N[C@@H](C)COC[C@@H](N)CC(=O)N2CCN(c3ncc(C(F)(F)F)cn3)CC2)cn[nH]c1=O.Cc1c(N[C@@H](C)COC[C@H](N)CC(=O)N2CCN(c3ncc(C(F)(F)F)cn3)CC2)cn[nH]c1=O. The highest BCUT2D eigenvalue weighted by molar-refractivity contribution is 5.77. The monoisotopic (exact) mass is 996 g/mol. The number of hydrogen-bond donors (Lipinski definition) is 6. The van der Waals surface area contributed by atoms with E-state index in [2.05, 4.69) is 51.0 Å². The summed E-state index contributed by atoms with van der Waals surface area (Å²) in [5.74, 6) is 0.156. The van der Waals surface area contributed by atoms with Gasteiger partial charge in [-0.1, -0.05) is 0 Å². The number of alkyl halides is 6. The van der Waals surface area contributed by atoms with E-state index in [4.69, 9.17) is 20.9 Å². The fourth-order valence-corrected chi connectivity index (χ4v) is 7.01. The van der Waals surface area contributed by atoms with Gasteiger partial charge in [0.2, 0.25) is 23.7 Å². The average molecular weight is 997 g/mol. The molecule has 70 heavy (non-hydrogen) atoms. The lowest BCUT2D eigenvalue weighted by Crippen LogP contribution is -2.50. The summed E-state index contributed by atoms with van der Waals surface area (Å²) in [6, 6.07) is -1.20. The summed E-state index contributed by atoms with van der Waals surface area (Å²) >= 11 is 0. The first-order chi connectivity index (χ1) is 33.1. The number of carbonyl (C=O) groups excluding carboxylic acids is 2. The molecular weight excluding hydrogens is 939 g/mol. The van der Waals surface area contributed by atoms with Gasteiger partial charge in [-0.2, -0.15) is 36.5 Å².